The van der Waals surface area contributed by atoms with Crippen LogP contribution in [0.25, 0.3) is 10.8 Å². The molecule has 3 rings (SSSR count). The first-order chi connectivity index (χ1) is 9.70. The van der Waals surface area contributed by atoms with Crippen molar-refractivity contribution in [2.45, 2.75) is 13.0 Å². The molecule has 1 atom stereocenters. The van der Waals surface area contributed by atoms with Crippen LogP contribution in [-0.4, -0.2) is 0 Å². The zero-order valence-electron chi connectivity index (χ0n) is 11.1. The number of rotatable bonds is 3. The normalized spacial score (nSPS) is 12.8. The summed E-state index contributed by atoms with van der Waals surface area (Å²) in [6.07, 6.45) is 0. The van der Waals surface area contributed by atoms with Gasteiger partial charge in [-0.25, -0.2) is 9.82 Å². The standard InChI is InChI=1S/C16H15FN2S/c1-10-6-9-15(20-10)16(19-18)13-7-8-14(17)12-5-3-2-4-11(12)13/h2-9,16,19H,18H2,1H3. The van der Waals surface area contributed by atoms with Gasteiger partial charge in [0.25, 0.3) is 0 Å². The topological polar surface area (TPSA) is 38.0 Å². The molecule has 0 bridgehead atoms. The van der Waals surface area contributed by atoms with Gasteiger partial charge in [-0.15, -0.1) is 11.3 Å². The van der Waals surface area contributed by atoms with E-state index < -0.39 is 0 Å². The average molecular weight is 286 g/mol. The van der Waals surface area contributed by atoms with Crippen molar-refractivity contribution in [3.63, 3.8) is 0 Å². The fraction of sp³-hybridized carbons (Fsp3) is 0.125. The smallest absolute Gasteiger partial charge is 0.131 e. The highest BCUT2D eigenvalue weighted by Gasteiger charge is 2.17. The number of nitrogens with two attached hydrogens (primary N) is 1. The van der Waals surface area contributed by atoms with Crippen molar-refractivity contribution in [3.05, 3.63) is 69.7 Å². The molecule has 0 fully saturated rings. The van der Waals surface area contributed by atoms with E-state index >= 15 is 0 Å². The van der Waals surface area contributed by atoms with E-state index in [1.165, 1.54) is 10.9 Å². The van der Waals surface area contributed by atoms with Crippen LogP contribution in [0.2, 0.25) is 0 Å². The van der Waals surface area contributed by atoms with Gasteiger partial charge in [-0.3, -0.25) is 5.84 Å². The van der Waals surface area contributed by atoms with E-state index in [9.17, 15) is 4.39 Å². The molecule has 0 spiro atoms. The molecule has 3 aromatic rings. The van der Waals surface area contributed by atoms with E-state index in [1.54, 1.807) is 23.5 Å². The lowest BCUT2D eigenvalue weighted by Gasteiger charge is -2.17. The first kappa shape index (κ1) is 13.2. The molecule has 20 heavy (non-hydrogen) atoms. The number of halogens is 1. The maximum absolute atomic E-state index is 13.9. The van der Waals surface area contributed by atoms with Gasteiger partial charge in [-0.05, 0) is 36.1 Å². The van der Waals surface area contributed by atoms with Gasteiger partial charge >= 0.3 is 0 Å². The predicted molar refractivity (Wildman–Crippen MR) is 82.1 cm³/mol. The largest absolute Gasteiger partial charge is 0.271 e. The average Bonchev–Trinajstić information content (AvgIpc) is 2.89. The minimum absolute atomic E-state index is 0.126. The number of fused-ring (bicyclic) bond motifs is 1. The fourth-order valence-electron chi connectivity index (χ4n) is 2.47. The summed E-state index contributed by atoms with van der Waals surface area (Å²) in [4.78, 5) is 2.36. The van der Waals surface area contributed by atoms with Crippen molar-refractivity contribution in [1.29, 1.82) is 0 Å². The summed E-state index contributed by atoms with van der Waals surface area (Å²) < 4.78 is 13.9. The van der Waals surface area contributed by atoms with E-state index in [0.717, 1.165) is 15.8 Å². The fourth-order valence-corrected chi connectivity index (χ4v) is 3.43. The Morgan fingerprint density at radius 3 is 2.45 bits per heavy atom. The SMILES string of the molecule is Cc1ccc(C(NN)c2ccc(F)c3ccccc23)s1. The minimum atomic E-state index is -0.206. The van der Waals surface area contributed by atoms with Gasteiger partial charge < -0.3 is 0 Å². The summed E-state index contributed by atoms with van der Waals surface area (Å²) in [5.41, 5.74) is 3.84. The Morgan fingerprint density at radius 1 is 1.05 bits per heavy atom. The highest BCUT2D eigenvalue weighted by molar-refractivity contribution is 7.12. The number of aryl methyl sites for hydroxylation is 1. The predicted octanol–water partition coefficient (Wildman–Crippen LogP) is 3.90. The second kappa shape index (κ2) is 5.32. The lowest BCUT2D eigenvalue weighted by molar-refractivity contribution is 0.631. The van der Waals surface area contributed by atoms with E-state index in [1.807, 2.05) is 18.2 Å². The van der Waals surface area contributed by atoms with Crippen LogP contribution in [0.3, 0.4) is 0 Å². The second-order valence-electron chi connectivity index (χ2n) is 4.73. The van der Waals surface area contributed by atoms with Crippen LogP contribution in [0.15, 0.2) is 48.5 Å². The molecule has 2 nitrogen and oxygen atoms in total. The Hall–Kier alpha value is -1.75. The lowest BCUT2D eigenvalue weighted by Crippen LogP contribution is -2.28. The zero-order chi connectivity index (χ0) is 14.1. The molecule has 0 saturated carbocycles. The number of benzene rings is 2. The molecule has 0 saturated heterocycles. The quantitative estimate of drug-likeness (QED) is 0.566. The van der Waals surface area contributed by atoms with Gasteiger partial charge in [0, 0.05) is 15.1 Å². The highest BCUT2D eigenvalue weighted by atomic mass is 32.1. The molecule has 4 heteroatoms. The summed E-state index contributed by atoms with van der Waals surface area (Å²) in [7, 11) is 0. The van der Waals surface area contributed by atoms with Crippen LogP contribution in [0.1, 0.15) is 21.4 Å². The molecule has 3 N–H and O–H groups in total. The van der Waals surface area contributed by atoms with Gasteiger partial charge in [0.05, 0.1) is 6.04 Å². The summed E-state index contributed by atoms with van der Waals surface area (Å²) in [6, 6.07) is 14.8. The Balaban J connectivity index is 2.20. The van der Waals surface area contributed by atoms with Crippen LogP contribution >= 0.6 is 11.3 Å². The number of hydrogen-bond donors (Lipinski definition) is 2. The Morgan fingerprint density at radius 2 is 1.80 bits per heavy atom. The molecule has 2 aromatic carbocycles. The maximum Gasteiger partial charge on any atom is 0.131 e. The molecule has 0 amide bonds. The third-order valence-electron chi connectivity index (χ3n) is 3.43. The summed E-state index contributed by atoms with van der Waals surface area (Å²) in [5.74, 6) is 5.53. The number of hydrogen-bond acceptors (Lipinski definition) is 3. The van der Waals surface area contributed by atoms with E-state index in [0.29, 0.717) is 5.39 Å². The third kappa shape index (κ3) is 2.22. The van der Waals surface area contributed by atoms with Crippen LogP contribution in [0.5, 0.6) is 0 Å². The number of nitrogens with one attached hydrogen (secondary N) is 1. The molecule has 0 radical (unpaired) electrons. The molecular weight excluding hydrogens is 271 g/mol. The molecule has 0 aliphatic rings. The third-order valence-corrected chi connectivity index (χ3v) is 4.49. The Kier molecular flexibility index (Phi) is 3.53. The van der Waals surface area contributed by atoms with E-state index in [2.05, 4.69) is 24.5 Å². The van der Waals surface area contributed by atoms with Crippen molar-refractivity contribution >= 4 is 22.1 Å². The number of hydrazine groups is 1. The Labute approximate surface area is 121 Å². The molecule has 1 aromatic heterocycles. The molecule has 102 valence electrons. The van der Waals surface area contributed by atoms with Gasteiger partial charge in [-0.1, -0.05) is 30.3 Å². The first-order valence-electron chi connectivity index (χ1n) is 6.40. The van der Waals surface area contributed by atoms with Crippen LogP contribution < -0.4 is 11.3 Å². The van der Waals surface area contributed by atoms with Gasteiger partial charge in [0.15, 0.2) is 0 Å². The van der Waals surface area contributed by atoms with Crippen molar-refractivity contribution < 1.29 is 4.39 Å². The second-order valence-corrected chi connectivity index (χ2v) is 6.05. The molecule has 1 unspecified atom stereocenters. The Bertz CT molecular complexity index is 751. The summed E-state index contributed by atoms with van der Waals surface area (Å²) in [6.45, 7) is 2.06. The zero-order valence-corrected chi connectivity index (χ0v) is 11.9. The van der Waals surface area contributed by atoms with Crippen molar-refractivity contribution in [2.24, 2.45) is 5.84 Å². The monoisotopic (exact) mass is 286 g/mol. The minimum Gasteiger partial charge on any atom is -0.271 e. The highest BCUT2D eigenvalue weighted by Crippen LogP contribution is 2.33. The molecular formula is C16H15FN2S. The van der Waals surface area contributed by atoms with E-state index in [4.69, 9.17) is 5.84 Å². The van der Waals surface area contributed by atoms with E-state index in [-0.39, 0.29) is 11.9 Å². The van der Waals surface area contributed by atoms with Gasteiger partial charge in [0.2, 0.25) is 0 Å². The van der Waals surface area contributed by atoms with Gasteiger partial charge in [-0.2, -0.15) is 0 Å². The van der Waals surface area contributed by atoms with Crippen molar-refractivity contribution in [3.8, 4) is 0 Å². The maximum atomic E-state index is 13.9. The molecule has 0 aliphatic carbocycles. The molecule has 0 aliphatic heterocycles. The molecule has 1 heterocycles. The first-order valence-corrected chi connectivity index (χ1v) is 7.22. The van der Waals surface area contributed by atoms with Crippen molar-refractivity contribution in [1.82, 2.24) is 5.43 Å². The summed E-state index contributed by atoms with van der Waals surface area (Å²) >= 11 is 1.69. The van der Waals surface area contributed by atoms with Crippen LogP contribution in [-0.2, 0) is 0 Å². The van der Waals surface area contributed by atoms with Crippen LogP contribution in [0.4, 0.5) is 4.39 Å². The lowest BCUT2D eigenvalue weighted by atomic mass is 9.98. The van der Waals surface area contributed by atoms with Crippen LogP contribution in [0, 0.1) is 12.7 Å². The number of thiophene rings is 1. The summed E-state index contributed by atoms with van der Waals surface area (Å²) in [5, 5.41) is 1.51. The van der Waals surface area contributed by atoms with Gasteiger partial charge in [0.1, 0.15) is 5.82 Å². The van der Waals surface area contributed by atoms with Crippen molar-refractivity contribution in [2.75, 3.05) is 0 Å².